The SMILES string of the molecule is O=C(Nc1cc(Cl)c(Cl)cc1Cl)C1CCN(S(=O)(=O)c2ccc3ccccc3c2)CC1. The first kappa shape index (κ1) is 22.4. The molecule has 0 spiro atoms. The van der Waals surface area contributed by atoms with Crippen LogP contribution < -0.4 is 5.32 Å². The van der Waals surface area contributed by atoms with E-state index in [1.807, 2.05) is 30.3 Å². The number of piperidine rings is 1. The summed E-state index contributed by atoms with van der Waals surface area (Å²) >= 11 is 18.1. The van der Waals surface area contributed by atoms with Gasteiger partial charge in [-0.2, -0.15) is 4.31 Å². The molecule has 0 aliphatic carbocycles. The first-order valence-corrected chi connectivity index (χ1v) is 12.3. The Morgan fingerprint density at radius 2 is 1.52 bits per heavy atom. The van der Waals surface area contributed by atoms with Gasteiger partial charge in [0.2, 0.25) is 15.9 Å². The van der Waals surface area contributed by atoms with Crippen molar-refractivity contribution in [1.29, 1.82) is 0 Å². The monoisotopic (exact) mass is 496 g/mol. The average Bonchev–Trinajstić information content (AvgIpc) is 2.77. The van der Waals surface area contributed by atoms with E-state index < -0.39 is 10.0 Å². The molecule has 1 amide bonds. The first-order chi connectivity index (χ1) is 14.8. The molecule has 1 saturated heterocycles. The summed E-state index contributed by atoms with van der Waals surface area (Å²) in [5, 5.41) is 5.51. The van der Waals surface area contributed by atoms with E-state index in [0.29, 0.717) is 28.6 Å². The Morgan fingerprint density at radius 3 is 2.23 bits per heavy atom. The molecule has 3 aromatic rings. The van der Waals surface area contributed by atoms with Gasteiger partial charge in [-0.1, -0.05) is 65.1 Å². The Kier molecular flexibility index (Phi) is 6.47. The Morgan fingerprint density at radius 1 is 0.871 bits per heavy atom. The lowest BCUT2D eigenvalue weighted by atomic mass is 9.97. The number of rotatable bonds is 4. The van der Waals surface area contributed by atoms with E-state index >= 15 is 0 Å². The highest BCUT2D eigenvalue weighted by Gasteiger charge is 2.32. The van der Waals surface area contributed by atoms with Gasteiger partial charge < -0.3 is 5.32 Å². The lowest BCUT2D eigenvalue weighted by Gasteiger charge is -2.30. The number of hydrogen-bond donors (Lipinski definition) is 1. The van der Waals surface area contributed by atoms with Crippen molar-refractivity contribution < 1.29 is 13.2 Å². The predicted molar refractivity (Wildman–Crippen MR) is 126 cm³/mol. The van der Waals surface area contributed by atoms with E-state index in [-0.39, 0.29) is 34.8 Å². The number of fused-ring (bicyclic) bond motifs is 1. The zero-order valence-corrected chi connectivity index (χ0v) is 19.4. The molecule has 1 aliphatic rings. The van der Waals surface area contributed by atoms with Crippen LogP contribution in [0.25, 0.3) is 10.8 Å². The molecule has 3 aromatic carbocycles. The second-order valence-corrected chi connectivity index (χ2v) is 10.6. The molecule has 1 heterocycles. The van der Waals surface area contributed by atoms with Gasteiger partial charge in [0.25, 0.3) is 0 Å². The zero-order valence-electron chi connectivity index (χ0n) is 16.3. The molecule has 0 bridgehead atoms. The van der Waals surface area contributed by atoms with Crippen molar-refractivity contribution in [2.75, 3.05) is 18.4 Å². The Labute approximate surface area is 195 Å². The van der Waals surface area contributed by atoms with E-state index in [4.69, 9.17) is 34.8 Å². The van der Waals surface area contributed by atoms with Crippen LogP contribution in [0.5, 0.6) is 0 Å². The summed E-state index contributed by atoms with van der Waals surface area (Å²) in [5.41, 5.74) is 0.382. The van der Waals surface area contributed by atoms with Crippen molar-refractivity contribution in [3.63, 3.8) is 0 Å². The highest BCUT2D eigenvalue weighted by Crippen LogP contribution is 2.33. The van der Waals surface area contributed by atoms with Gasteiger partial charge in [0.15, 0.2) is 0 Å². The largest absolute Gasteiger partial charge is 0.324 e. The van der Waals surface area contributed by atoms with E-state index in [2.05, 4.69) is 5.32 Å². The quantitative estimate of drug-likeness (QED) is 0.461. The molecule has 0 radical (unpaired) electrons. The summed E-state index contributed by atoms with van der Waals surface area (Å²) < 4.78 is 27.6. The molecule has 0 aromatic heterocycles. The van der Waals surface area contributed by atoms with Crippen LogP contribution in [0, 0.1) is 5.92 Å². The molecular formula is C22H19Cl3N2O3S. The molecule has 1 N–H and O–H groups in total. The number of carbonyl (C=O) groups is 1. The fraction of sp³-hybridized carbons (Fsp3) is 0.227. The van der Waals surface area contributed by atoms with Crippen molar-refractivity contribution in [2.24, 2.45) is 5.92 Å². The molecule has 0 unspecified atom stereocenters. The predicted octanol–water partition coefficient (Wildman–Crippen LogP) is 5.84. The maximum atomic E-state index is 13.1. The molecule has 0 atom stereocenters. The van der Waals surface area contributed by atoms with E-state index in [1.54, 1.807) is 12.1 Å². The van der Waals surface area contributed by atoms with Gasteiger partial charge in [-0.3, -0.25) is 4.79 Å². The molecular weight excluding hydrogens is 479 g/mol. The second-order valence-electron chi connectivity index (χ2n) is 7.42. The molecule has 1 fully saturated rings. The van der Waals surface area contributed by atoms with Crippen molar-refractivity contribution in [1.82, 2.24) is 4.31 Å². The fourth-order valence-electron chi connectivity index (χ4n) is 3.69. The lowest BCUT2D eigenvalue weighted by molar-refractivity contribution is -0.120. The van der Waals surface area contributed by atoms with Gasteiger partial charge in [-0.05, 0) is 47.9 Å². The van der Waals surface area contributed by atoms with Crippen molar-refractivity contribution in [3.8, 4) is 0 Å². The second kappa shape index (κ2) is 8.96. The van der Waals surface area contributed by atoms with Gasteiger partial charge in [0.1, 0.15) is 0 Å². The summed E-state index contributed by atoms with van der Waals surface area (Å²) in [4.78, 5) is 12.9. The van der Waals surface area contributed by atoms with Crippen LogP contribution in [0.1, 0.15) is 12.8 Å². The standard InChI is InChI=1S/C22H19Cl3N2O3S/c23-18-12-20(25)21(13-19(18)24)26-22(28)15-7-9-27(10-8-15)31(29,30)17-6-5-14-3-1-2-4-16(14)11-17/h1-6,11-13,15H,7-10H2,(H,26,28). The number of sulfonamides is 1. The number of nitrogens with one attached hydrogen (secondary N) is 1. The van der Waals surface area contributed by atoms with Gasteiger partial charge in [-0.15, -0.1) is 0 Å². The smallest absolute Gasteiger partial charge is 0.243 e. The van der Waals surface area contributed by atoms with Gasteiger partial charge in [0, 0.05) is 19.0 Å². The molecule has 4 rings (SSSR count). The number of anilines is 1. The average molecular weight is 498 g/mol. The summed E-state index contributed by atoms with van der Waals surface area (Å²) in [6.07, 6.45) is 0.829. The number of nitrogens with zero attached hydrogens (tertiary/aromatic N) is 1. The highest BCUT2D eigenvalue weighted by atomic mass is 35.5. The first-order valence-electron chi connectivity index (χ1n) is 9.70. The number of carbonyl (C=O) groups excluding carboxylic acids is 1. The van der Waals surface area contributed by atoms with Crippen LogP contribution in [0.15, 0.2) is 59.5 Å². The minimum atomic E-state index is -3.63. The van der Waals surface area contributed by atoms with Crippen LogP contribution in [0.4, 0.5) is 5.69 Å². The maximum Gasteiger partial charge on any atom is 0.243 e. The van der Waals surface area contributed by atoms with E-state index in [9.17, 15) is 13.2 Å². The molecule has 31 heavy (non-hydrogen) atoms. The van der Waals surface area contributed by atoms with Gasteiger partial charge in [-0.25, -0.2) is 8.42 Å². The lowest BCUT2D eigenvalue weighted by Crippen LogP contribution is -2.41. The third-order valence-corrected chi connectivity index (χ3v) is 8.38. The van der Waals surface area contributed by atoms with Crippen LogP contribution in [-0.2, 0) is 14.8 Å². The molecule has 5 nitrogen and oxygen atoms in total. The van der Waals surface area contributed by atoms with Crippen LogP contribution in [0.2, 0.25) is 15.1 Å². The van der Waals surface area contributed by atoms with Crippen molar-refractivity contribution >= 4 is 67.2 Å². The summed E-state index contributed by atoms with van der Waals surface area (Å²) in [6.45, 7) is 0.532. The summed E-state index contributed by atoms with van der Waals surface area (Å²) in [7, 11) is -3.63. The number of benzene rings is 3. The summed E-state index contributed by atoms with van der Waals surface area (Å²) in [6, 6.07) is 15.7. The van der Waals surface area contributed by atoms with Crippen LogP contribution >= 0.6 is 34.8 Å². The maximum absolute atomic E-state index is 13.1. The normalized spacial score (nSPS) is 15.8. The van der Waals surface area contributed by atoms with Crippen molar-refractivity contribution in [2.45, 2.75) is 17.7 Å². The van der Waals surface area contributed by atoms with E-state index in [1.165, 1.54) is 16.4 Å². The Hall–Kier alpha value is -1.83. The Bertz CT molecular complexity index is 1260. The van der Waals surface area contributed by atoms with Crippen molar-refractivity contribution in [3.05, 3.63) is 69.7 Å². The topological polar surface area (TPSA) is 66.5 Å². The number of halogens is 3. The minimum absolute atomic E-state index is 0.219. The summed E-state index contributed by atoms with van der Waals surface area (Å²) in [5.74, 6) is -0.545. The number of hydrogen-bond acceptors (Lipinski definition) is 3. The molecule has 0 saturated carbocycles. The zero-order chi connectivity index (χ0) is 22.2. The van der Waals surface area contributed by atoms with Gasteiger partial charge >= 0.3 is 0 Å². The fourth-order valence-corrected chi connectivity index (χ4v) is 5.79. The Balaban J connectivity index is 1.44. The van der Waals surface area contributed by atoms with E-state index in [0.717, 1.165) is 10.8 Å². The number of amides is 1. The molecule has 9 heteroatoms. The van der Waals surface area contributed by atoms with Gasteiger partial charge in [0.05, 0.1) is 25.7 Å². The van der Waals surface area contributed by atoms with Crippen LogP contribution in [0.3, 0.4) is 0 Å². The highest BCUT2D eigenvalue weighted by molar-refractivity contribution is 7.89. The molecule has 1 aliphatic heterocycles. The third kappa shape index (κ3) is 4.69. The minimum Gasteiger partial charge on any atom is -0.324 e. The third-order valence-electron chi connectivity index (χ3n) is 5.45. The van der Waals surface area contributed by atoms with Crippen LogP contribution in [-0.4, -0.2) is 31.7 Å². The molecule has 162 valence electrons.